The molecule has 45 heavy (non-hydrogen) atoms. The van der Waals surface area contributed by atoms with Crippen LogP contribution in [0.15, 0.2) is 108 Å². The van der Waals surface area contributed by atoms with E-state index in [1.807, 2.05) is 19.1 Å². The molecule has 0 bridgehead atoms. The van der Waals surface area contributed by atoms with Crippen LogP contribution < -0.4 is 20.7 Å². The predicted octanol–water partition coefficient (Wildman–Crippen LogP) is 6.97. The standard InChI is InChI=1S/C34H30ClN3O6S/c1-3-44-30-12-8-7-11-23(30)19-29(38-32(40)22-9-5-4-6-10-22)33(41)36-25-14-16-26(17-15-25)45-21(2)31(39)37-28-20-24(34(42)43)13-18-27(28)35/h4-21H,3H2,1-2H3,(H,36,41)(H,37,39)(H,38,40)(H,42,43)/b29-19-. The largest absolute Gasteiger partial charge is 0.493 e. The first-order chi connectivity index (χ1) is 21.6. The van der Waals surface area contributed by atoms with Crippen LogP contribution in [0, 0.1) is 0 Å². The van der Waals surface area contributed by atoms with Crippen LogP contribution in [0.1, 0.15) is 40.1 Å². The average molecular weight is 644 g/mol. The van der Waals surface area contributed by atoms with E-state index in [9.17, 15) is 24.3 Å². The third kappa shape index (κ3) is 9.21. The number of ether oxygens (including phenoxy) is 1. The van der Waals surface area contributed by atoms with Crippen molar-refractivity contribution in [2.24, 2.45) is 0 Å². The number of nitrogens with one attached hydrogen (secondary N) is 3. The molecule has 0 spiro atoms. The molecule has 4 rings (SSSR count). The summed E-state index contributed by atoms with van der Waals surface area (Å²) in [6, 6.07) is 26.7. The van der Waals surface area contributed by atoms with Gasteiger partial charge in [0.2, 0.25) is 5.91 Å². The molecule has 11 heteroatoms. The van der Waals surface area contributed by atoms with Crippen molar-refractivity contribution < 1.29 is 29.0 Å². The number of thioether (sulfide) groups is 1. The quantitative estimate of drug-likeness (QED) is 0.0968. The fourth-order valence-corrected chi connectivity index (χ4v) is 5.08. The number of halogens is 1. The highest BCUT2D eigenvalue weighted by molar-refractivity contribution is 8.00. The number of benzene rings is 4. The molecule has 0 heterocycles. The van der Waals surface area contributed by atoms with Crippen molar-refractivity contribution in [1.82, 2.24) is 5.32 Å². The summed E-state index contributed by atoms with van der Waals surface area (Å²) in [4.78, 5) is 51.2. The van der Waals surface area contributed by atoms with Gasteiger partial charge in [-0.25, -0.2) is 4.79 Å². The zero-order chi connectivity index (χ0) is 32.3. The molecule has 4 N–H and O–H groups in total. The second-order valence-electron chi connectivity index (χ2n) is 9.58. The van der Waals surface area contributed by atoms with E-state index in [1.54, 1.807) is 79.7 Å². The molecule has 1 unspecified atom stereocenters. The van der Waals surface area contributed by atoms with Crippen LogP contribution in [0.5, 0.6) is 5.75 Å². The van der Waals surface area contributed by atoms with E-state index >= 15 is 0 Å². The van der Waals surface area contributed by atoms with Crippen molar-refractivity contribution in [3.8, 4) is 5.75 Å². The van der Waals surface area contributed by atoms with Crippen molar-refractivity contribution in [2.45, 2.75) is 24.0 Å². The van der Waals surface area contributed by atoms with Crippen molar-refractivity contribution in [3.63, 3.8) is 0 Å². The maximum absolute atomic E-state index is 13.4. The van der Waals surface area contributed by atoms with Crippen LogP contribution >= 0.6 is 23.4 Å². The lowest BCUT2D eigenvalue weighted by Crippen LogP contribution is -2.30. The van der Waals surface area contributed by atoms with Crippen molar-refractivity contribution in [2.75, 3.05) is 17.2 Å². The molecule has 0 saturated carbocycles. The van der Waals surface area contributed by atoms with Crippen LogP contribution in [0.3, 0.4) is 0 Å². The lowest BCUT2D eigenvalue weighted by molar-refractivity contribution is -0.115. The SMILES string of the molecule is CCOc1ccccc1/C=C(\NC(=O)c1ccccc1)C(=O)Nc1ccc(SC(C)C(=O)Nc2cc(C(=O)O)ccc2Cl)cc1. The third-order valence-electron chi connectivity index (χ3n) is 6.31. The summed E-state index contributed by atoms with van der Waals surface area (Å²) in [5.74, 6) is -1.91. The highest BCUT2D eigenvalue weighted by Gasteiger charge is 2.19. The van der Waals surface area contributed by atoms with Crippen LogP contribution in [-0.2, 0) is 9.59 Å². The van der Waals surface area contributed by atoms with Gasteiger partial charge >= 0.3 is 5.97 Å². The fraction of sp³-hybridized carbons (Fsp3) is 0.118. The second kappa shape index (κ2) is 15.6. The summed E-state index contributed by atoms with van der Waals surface area (Å²) in [5.41, 5.74) is 1.71. The van der Waals surface area contributed by atoms with Gasteiger partial charge in [0.25, 0.3) is 11.8 Å². The summed E-state index contributed by atoms with van der Waals surface area (Å²) in [7, 11) is 0. The Hall–Kier alpha value is -5.06. The smallest absolute Gasteiger partial charge is 0.335 e. The number of para-hydroxylation sites is 1. The Labute approximate surface area is 269 Å². The van der Waals surface area contributed by atoms with Crippen molar-refractivity contribution in [1.29, 1.82) is 0 Å². The highest BCUT2D eigenvalue weighted by Crippen LogP contribution is 2.28. The molecule has 0 radical (unpaired) electrons. The molecule has 9 nitrogen and oxygen atoms in total. The number of carboxylic acids is 1. The Morgan fingerprint density at radius 3 is 2.27 bits per heavy atom. The minimum atomic E-state index is -1.13. The summed E-state index contributed by atoms with van der Waals surface area (Å²) in [6.45, 7) is 3.99. The van der Waals surface area contributed by atoms with Gasteiger partial charge in [0.05, 0.1) is 28.1 Å². The molecule has 0 aliphatic heterocycles. The third-order valence-corrected chi connectivity index (χ3v) is 7.75. The average Bonchev–Trinajstić information content (AvgIpc) is 3.03. The number of hydrogen-bond acceptors (Lipinski definition) is 6. The first-order valence-corrected chi connectivity index (χ1v) is 15.1. The fourth-order valence-electron chi connectivity index (χ4n) is 4.05. The minimum Gasteiger partial charge on any atom is -0.493 e. The van der Waals surface area contributed by atoms with E-state index in [1.165, 1.54) is 30.0 Å². The topological polar surface area (TPSA) is 134 Å². The molecule has 0 saturated heterocycles. The van der Waals surface area contributed by atoms with E-state index in [0.29, 0.717) is 29.2 Å². The monoisotopic (exact) mass is 643 g/mol. The van der Waals surface area contributed by atoms with Gasteiger partial charge in [-0.1, -0.05) is 48.0 Å². The van der Waals surface area contributed by atoms with Gasteiger partial charge in [0.15, 0.2) is 0 Å². The van der Waals surface area contributed by atoms with Crippen molar-refractivity contribution >= 4 is 64.5 Å². The molecule has 0 fully saturated rings. The van der Waals surface area contributed by atoms with E-state index in [2.05, 4.69) is 16.0 Å². The molecule has 3 amide bonds. The van der Waals surface area contributed by atoms with E-state index < -0.39 is 23.0 Å². The van der Waals surface area contributed by atoms with E-state index in [0.717, 1.165) is 4.90 Å². The molecule has 0 aliphatic carbocycles. The maximum atomic E-state index is 13.4. The van der Waals surface area contributed by atoms with E-state index in [-0.39, 0.29) is 27.9 Å². The van der Waals surface area contributed by atoms with Gasteiger partial charge in [-0.05, 0) is 80.6 Å². The molecular weight excluding hydrogens is 614 g/mol. The molecule has 4 aromatic carbocycles. The van der Waals surface area contributed by atoms with Crippen molar-refractivity contribution in [3.05, 3.63) is 124 Å². The van der Waals surface area contributed by atoms with Gasteiger partial charge in [-0.2, -0.15) is 0 Å². The zero-order valence-corrected chi connectivity index (χ0v) is 25.9. The van der Waals surface area contributed by atoms with Gasteiger partial charge < -0.3 is 25.8 Å². The summed E-state index contributed by atoms with van der Waals surface area (Å²) in [5, 5.41) is 17.1. The van der Waals surface area contributed by atoms with Crippen LogP contribution in [0.25, 0.3) is 6.08 Å². The van der Waals surface area contributed by atoms with Gasteiger partial charge in [0, 0.05) is 21.7 Å². The Morgan fingerprint density at radius 2 is 1.58 bits per heavy atom. The maximum Gasteiger partial charge on any atom is 0.335 e. The van der Waals surface area contributed by atoms with E-state index in [4.69, 9.17) is 16.3 Å². The number of hydrogen-bond donors (Lipinski definition) is 4. The summed E-state index contributed by atoms with van der Waals surface area (Å²) >= 11 is 7.40. The number of carbonyl (C=O) groups excluding carboxylic acids is 3. The predicted molar refractivity (Wildman–Crippen MR) is 177 cm³/mol. The Bertz CT molecular complexity index is 1730. The summed E-state index contributed by atoms with van der Waals surface area (Å²) < 4.78 is 5.69. The van der Waals surface area contributed by atoms with Gasteiger partial charge in [0.1, 0.15) is 11.4 Å². The molecule has 230 valence electrons. The highest BCUT2D eigenvalue weighted by atomic mass is 35.5. The summed E-state index contributed by atoms with van der Waals surface area (Å²) in [6.07, 6.45) is 1.56. The Balaban J connectivity index is 1.46. The molecular formula is C34H30ClN3O6S. The minimum absolute atomic E-state index is 0.00350. The molecule has 0 aromatic heterocycles. The lowest BCUT2D eigenvalue weighted by atomic mass is 10.1. The van der Waals surface area contributed by atoms with Crippen LogP contribution in [-0.4, -0.2) is 40.7 Å². The van der Waals surface area contributed by atoms with Gasteiger partial charge in [-0.15, -0.1) is 11.8 Å². The number of rotatable bonds is 12. The van der Waals surface area contributed by atoms with Crippen LogP contribution in [0.2, 0.25) is 5.02 Å². The zero-order valence-electron chi connectivity index (χ0n) is 24.4. The Morgan fingerprint density at radius 1 is 0.889 bits per heavy atom. The molecule has 1 atom stereocenters. The first kappa shape index (κ1) is 32.8. The molecule has 4 aromatic rings. The number of carboxylic acid groups (broad SMARTS) is 1. The normalized spacial score (nSPS) is 11.7. The lowest BCUT2D eigenvalue weighted by Gasteiger charge is -2.14. The molecule has 0 aliphatic rings. The van der Waals surface area contributed by atoms with Gasteiger partial charge in [-0.3, -0.25) is 14.4 Å². The first-order valence-electron chi connectivity index (χ1n) is 13.9. The number of aromatic carboxylic acids is 1. The Kier molecular flexibility index (Phi) is 11.4. The number of anilines is 2. The second-order valence-corrected chi connectivity index (χ2v) is 11.4. The number of amides is 3. The number of carbonyl (C=O) groups is 4. The van der Waals surface area contributed by atoms with Crippen LogP contribution in [0.4, 0.5) is 11.4 Å².